The Hall–Kier alpha value is -1.60. The quantitative estimate of drug-likeness (QED) is 0.437. The highest BCUT2D eigenvalue weighted by atomic mass is 32.2. The molecule has 1 N–H and O–H groups in total. The van der Waals surface area contributed by atoms with Crippen LogP contribution < -0.4 is 10.9 Å². The normalized spacial score (nSPS) is 19.1. The lowest BCUT2D eigenvalue weighted by Crippen LogP contribution is -2.28. The van der Waals surface area contributed by atoms with Crippen molar-refractivity contribution >= 4 is 39.2 Å². The predicted molar refractivity (Wildman–Crippen MR) is 112 cm³/mol. The number of fused-ring (bicyclic) bond motifs is 3. The van der Waals surface area contributed by atoms with Crippen LogP contribution in [-0.4, -0.2) is 27.8 Å². The Morgan fingerprint density at radius 2 is 2.26 bits per heavy atom. The van der Waals surface area contributed by atoms with Crippen LogP contribution in [0.5, 0.6) is 0 Å². The molecule has 0 bridgehead atoms. The molecule has 2 aliphatic rings. The lowest BCUT2D eigenvalue weighted by atomic mass is 9.89. The van der Waals surface area contributed by atoms with Crippen molar-refractivity contribution in [2.75, 3.05) is 12.3 Å². The Morgan fingerprint density at radius 1 is 1.44 bits per heavy atom. The molecular formula is C20H25N3O2S2. The molecule has 7 heteroatoms. The first-order valence-corrected chi connectivity index (χ1v) is 11.4. The van der Waals surface area contributed by atoms with E-state index in [2.05, 4.69) is 18.8 Å². The van der Waals surface area contributed by atoms with Gasteiger partial charge in [-0.3, -0.25) is 14.2 Å². The van der Waals surface area contributed by atoms with Crippen molar-refractivity contribution in [1.29, 1.82) is 0 Å². The van der Waals surface area contributed by atoms with E-state index in [0.717, 1.165) is 36.0 Å². The summed E-state index contributed by atoms with van der Waals surface area (Å²) in [5, 5.41) is 4.37. The number of hydrogen-bond donors (Lipinski definition) is 1. The summed E-state index contributed by atoms with van der Waals surface area (Å²) in [6.07, 6.45) is 7.25. The van der Waals surface area contributed by atoms with E-state index in [4.69, 9.17) is 4.98 Å². The van der Waals surface area contributed by atoms with Gasteiger partial charge in [0.05, 0.1) is 11.1 Å². The average molecular weight is 404 g/mol. The number of thiophene rings is 1. The molecule has 5 nitrogen and oxygen atoms in total. The molecule has 1 saturated carbocycles. The molecule has 2 aromatic heterocycles. The molecule has 2 aliphatic carbocycles. The first kappa shape index (κ1) is 18.7. The van der Waals surface area contributed by atoms with Gasteiger partial charge in [0.1, 0.15) is 4.83 Å². The smallest absolute Gasteiger partial charge is 0.263 e. The predicted octanol–water partition coefficient (Wildman–Crippen LogP) is 3.39. The van der Waals surface area contributed by atoms with Gasteiger partial charge in [0, 0.05) is 18.0 Å². The van der Waals surface area contributed by atoms with Crippen molar-refractivity contribution in [3.05, 3.63) is 33.4 Å². The van der Waals surface area contributed by atoms with Gasteiger partial charge in [0.2, 0.25) is 5.91 Å². The number of nitrogens with zero attached hydrogens (tertiary/aromatic N) is 2. The standard InChI is InChI=1S/C20H25N3O2S2/c1-3-8-23-19(25)17-14-7-4-12(2)9-15(14)27-18(17)22-20(23)26-11-16(24)21-10-13-5-6-13/h3,12-13H,1,4-11H2,2H3,(H,21,24). The summed E-state index contributed by atoms with van der Waals surface area (Å²) in [4.78, 5) is 32.2. The molecule has 0 saturated heterocycles. The maximum Gasteiger partial charge on any atom is 0.263 e. The molecule has 0 aliphatic heterocycles. The number of carbonyl (C=O) groups excluding carboxylic acids is 1. The van der Waals surface area contributed by atoms with Gasteiger partial charge in [0.15, 0.2) is 5.16 Å². The van der Waals surface area contributed by atoms with E-state index >= 15 is 0 Å². The number of carbonyl (C=O) groups is 1. The van der Waals surface area contributed by atoms with Crippen molar-refractivity contribution in [2.24, 2.45) is 11.8 Å². The Labute approximate surface area is 167 Å². The fourth-order valence-electron chi connectivity index (χ4n) is 3.57. The lowest BCUT2D eigenvalue weighted by Gasteiger charge is -2.17. The van der Waals surface area contributed by atoms with Crippen LogP contribution in [0.25, 0.3) is 10.2 Å². The van der Waals surface area contributed by atoms with E-state index in [-0.39, 0.29) is 17.2 Å². The molecule has 144 valence electrons. The van der Waals surface area contributed by atoms with Gasteiger partial charge in [0.25, 0.3) is 5.56 Å². The summed E-state index contributed by atoms with van der Waals surface area (Å²) in [6, 6.07) is 0. The topological polar surface area (TPSA) is 64.0 Å². The fourth-order valence-corrected chi connectivity index (χ4v) is 5.83. The molecule has 0 spiro atoms. The molecule has 27 heavy (non-hydrogen) atoms. The second-order valence-corrected chi connectivity index (χ2v) is 9.69. The molecule has 1 amide bonds. The summed E-state index contributed by atoms with van der Waals surface area (Å²) in [6.45, 7) is 7.22. The minimum Gasteiger partial charge on any atom is -0.355 e. The summed E-state index contributed by atoms with van der Waals surface area (Å²) in [5.74, 6) is 1.60. The van der Waals surface area contributed by atoms with Crippen molar-refractivity contribution in [2.45, 2.75) is 50.7 Å². The monoisotopic (exact) mass is 403 g/mol. The van der Waals surface area contributed by atoms with Crippen LogP contribution in [0.15, 0.2) is 22.6 Å². The third kappa shape index (κ3) is 3.99. The zero-order valence-electron chi connectivity index (χ0n) is 15.6. The SMILES string of the molecule is C=CCn1c(SCC(=O)NCC2CC2)nc2sc3c(c2c1=O)CCC(C)C3. The van der Waals surface area contributed by atoms with E-state index in [1.54, 1.807) is 22.0 Å². The number of thioether (sulfide) groups is 1. The minimum atomic E-state index is 0.00528. The van der Waals surface area contributed by atoms with Gasteiger partial charge in [-0.05, 0) is 49.5 Å². The molecule has 1 atom stereocenters. The van der Waals surface area contributed by atoms with Crippen LogP contribution >= 0.6 is 23.1 Å². The average Bonchev–Trinajstić information content (AvgIpc) is 3.40. The minimum absolute atomic E-state index is 0.00528. The first-order valence-electron chi connectivity index (χ1n) is 9.62. The first-order chi connectivity index (χ1) is 13.1. The Kier molecular flexibility index (Phi) is 5.41. The third-order valence-electron chi connectivity index (χ3n) is 5.31. The Balaban J connectivity index is 1.62. The van der Waals surface area contributed by atoms with Crippen LogP contribution in [0.4, 0.5) is 0 Å². The number of nitrogens with one attached hydrogen (secondary N) is 1. The van der Waals surface area contributed by atoms with Crippen molar-refractivity contribution in [1.82, 2.24) is 14.9 Å². The highest BCUT2D eigenvalue weighted by molar-refractivity contribution is 7.99. The molecular weight excluding hydrogens is 378 g/mol. The number of hydrogen-bond acceptors (Lipinski definition) is 5. The summed E-state index contributed by atoms with van der Waals surface area (Å²) < 4.78 is 1.67. The maximum absolute atomic E-state index is 13.2. The maximum atomic E-state index is 13.2. The van der Waals surface area contributed by atoms with Crippen LogP contribution in [0, 0.1) is 11.8 Å². The van der Waals surface area contributed by atoms with Crippen molar-refractivity contribution < 1.29 is 4.79 Å². The van der Waals surface area contributed by atoms with Crippen LogP contribution in [-0.2, 0) is 24.2 Å². The molecule has 0 aromatic carbocycles. The highest BCUT2D eigenvalue weighted by Gasteiger charge is 2.25. The van der Waals surface area contributed by atoms with Crippen molar-refractivity contribution in [3.63, 3.8) is 0 Å². The molecule has 2 aromatic rings. The van der Waals surface area contributed by atoms with E-state index in [9.17, 15) is 9.59 Å². The van der Waals surface area contributed by atoms with Gasteiger partial charge in [-0.2, -0.15) is 0 Å². The molecule has 2 heterocycles. The van der Waals surface area contributed by atoms with Crippen molar-refractivity contribution in [3.8, 4) is 0 Å². The van der Waals surface area contributed by atoms with Crippen LogP contribution in [0.3, 0.4) is 0 Å². The van der Waals surface area contributed by atoms with E-state index < -0.39 is 0 Å². The number of amides is 1. The highest BCUT2D eigenvalue weighted by Crippen LogP contribution is 2.36. The van der Waals surface area contributed by atoms with Crippen LogP contribution in [0.1, 0.15) is 36.6 Å². The van der Waals surface area contributed by atoms with E-state index in [0.29, 0.717) is 23.5 Å². The second-order valence-electron chi connectivity index (χ2n) is 7.67. The second kappa shape index (κ2) is 7.80. The van der Waals surface area contributed by atoms with Gasteiger partial charge < -0.3 is 5.32 Å². The Morgan fingerprint density at radius 3 is 3.00 bits per heavy atom. The molecule has 4 rings (SSSR count). The number of allylic oxidation sites excluding steroid dienone is 1. The van der Waals surface area contributed by atoms with Gasteiger partial charge >= 0.3 is 0 Å². The number of rotatable bonds is 7. The number of aryl methyl sites for hydroxylation is 1. The lowest BCUT2D eigenvalue weighted by molar-refractivity contribution is -0.118. The van der Waals surface area contributed by atoms with Gasteiger partial charge in [-0.25, -0.2) is 4.98 Å². The zero-order valence-corrected chi connectivity index (χ0v) is 17.3. The van der Waals surface area contributed by atoms with Gasteiger partial charge in [-0.1, -0.05) is 24.8 Å². The van der Waals surface area contributed by atoms with Crippen LogP contribution in [0.2, 0.25) is 0 Å². The van der Waals surface area contributed by atoms with E-state index in [1.807, 2.05) is 0 Å². The summed E-state index contributed by atoms with van der Waals surface area (Å²) in [7, 11) is 0. The third-order valence-corrected chi connectivity index (χ3v) is 7.43. The van der Waals surface area contributed by atoms with Gasteiger partial charge in [-0.15, -0.1) is 17.9 Å². The summed E-state index contributed by atoms with van der Waals surface area (Å²) in [5.41, 5.74) is 1.20. The molecule has 1 unspecified atom stereocenters. The zero-order chi connectivity index (χ0) is 19.0. The molecule has 1 fully saturated rings. The van der Waals surface area contributed by atoms with E-state index in [1.165, 1.54) is 35.0 Å². The Bertz CT molecular complexity index is 943. The summed E-state index contributed by atoms with van der Waals surface area (Å²) >= 11 is 2.99. The molecule has 0 radical (unpaired) electrons. The largest absolute Gasteiger partial charge is 0.355 e. The number of aromatic nitrogens is 2. The fraction of sp³-hybridized carbons (Fsp3) is 0.550.